The first-order valence-electron chi connectivity index (χ1n) is 6.12. The number of carbonyl (C=O) groups is 1. The Balaban J connectivity index is 1.98. The third-order valence-corrected chi connectivity index (χ3v) is 3.73. The highest BCUT2D eigenvalue weighted by atomic mass is 19.4. The molecule has 2 fully saturated rings. The molecule has 2 rings (SSSR count). The van der Waals surface area contributed by atoms with E-state index in [2.05, 4.69) is 5.32 Å². The number of amides is 1. The van der Waals surface area contributed by atoms with E-state index < -0.39 is 24.7 Å². The van der Waals surface area contributed by atoms with E-state index in [-0.39, 0.29) is 18.4 Å². The van der Waals surface area contributed by atoms with Crippen molar-refractivity contribution in [2.24, 2.45) is 5.92 Å². The lowest BCUT2D eigenvalue weighted by molar-refractivity contribution is -0.253. The summed E-state index contributed by atoms with van der Waals surface area (Å²) >= 11 is 0. The van der Waals surface area contributed by atoms with Gasteiger partial charge in [0.15, 0.2) is 5.60 Å². The third kappa shape index (κ3) is 2.47. The zero-order valence-electron chi connectivity index (χ0n) is 9.96. The lowest BCUT2D eigenvalue weighted by Crippen LogP contribution is -2.49. The fourth-order valence-electron chi connectivity index (χ4n) is 2.53. The van der Waals surface area contributed by atoms with Gasteiger partial charge in [0, 0.05) is 19.5 Å². The molecule has 0 aromatic carbocycles. The maximum absolute atomic E-state index is 12.6. The van der Waals surface area contributed by atoms with Crippen LogP contribution >= 0.6 is 0 Å². The number of halogens is 3. The van der Waals surface area contributed by atoms with Crippen molar-refractivity contribution in [2.45, 2.75) is 31.0 Å². The van der Waals surface area contributed by atoms with Crippen molar-refractivity contribution in [3.05, 3.63) is 0 Å². The van der Waals surface area contributed by atoms with Gasteiger partial charge in [0.05, 0.1) is 12.5 Å². The van der Waals surface area contributed by atoms with E-state index >= 15 is 0 Å². The molecule has 0 bridgehead atoms. The van der Waals surface area contributed by atoms with Gasteiger partial charge in [0.1, 0.15) is 0 Å². The molecule has 2 heterocycles. The Morgan fingerprint density at radius 1 is 1.44 bits per heavy atom. The SMILES string of the molecule is O=C([C@@H]1CCCNC1)N1CC[C@](O)(C(F)(F)F)C1. The number of piperidine rings is 1. The largest absolute Gasteiger partial charge is 0.419 e. The topological polar surface area (TPSA) is 52.6 Å². The second-order valence-electron chi connectivity index (χ2n) is 5.08. The van der Waals surface area contributed by atoms with Crippen LogP contribution in [0.2, 0.25) is 0 Å². The van der Waals surface area contributed by atoms with E-state index in [4.69, 9.17) is 0 Å². The molecule has 0 aromatic heterocycles. The minimum atomic E-state index is -4.67. The van der Waals surface area contributed by atoms with Crippen molar-refractivity contribution in [1.82, 2.24) is 10.2 Å². The molecule has 0 saturated carbocycles. The average molecular weight is 266 g/mol. The first kappa shape index (κ1) is 13.6. The Morgan fingerprint density at radius 3 is 2.67 bits per heavy atom. The van der Waals surface area contributed by atoms with E-state index in [1.54, 1.807) is 0 Å². The number of β-amino-alcohol motifs (C(OH)–C–C–N with tert-alkyl or cyclic N) is 1. The number of likely N-dealkylation sites (tertiary alicyclic amines) is 1. The summed E-state index contributed by atoms with van der Waals surface area (Å²) in [7, 11) is 0. The Labute approximate surface area is 103 Å². The molecule has 18 heavy (non-hydrogen) atoms. The summed E-state index contributed by atoms with van der Waals surface area (Å²) in [5.41, 5.74) is -2.73. The maximum atomic E-state index is 12.6. The number of nitrogens with zero attached hydrogens (tertiary/aromatic N) is 1. The number of nitrogens with one attached hydrogen (secondary N) is 1. The van der Waals surface area contributed by atoms with Gasteiger partial charge in [-0.15, -0.1) is 0 Å². The fraction of sp³-hybridized carbons (Fsp3) is 0.909. The molecular formula is C11H17F3N2O2. The van der Waals surface area contributed by atoms with Gasteiger partial charge in [0.2, 0.25) is 5.91 Å². The second kappa shape index (κ2) is 4.70. The minimum absolute atomic E-state index is 0.0225. The summed E-state index contributed by atoms with van der Waals surface area (Å²) in [6.07, 6.45) is -3.55. The highest BCUT2D eigenvalue weighted by molar-refractivity contribution is 5.79. The molecule has 2 aliphatic rings. The van der Waals surface area contributed by atoms with Crippen LogP contribution in [-0.2, 0) is 4.79 Å². The van der Waals surface area contributed by atoms with E-state index in [1.807, 2.05) is 0 Å². The average Bonchev–Trinajstić information content (AvgIpc) is 2.73. The van der Waals surface area contributed by atoms with Crippen LogP contribution in [0.25, 0.3) is 0 Å². The van der Waals surface area contributed by atoms with Gasteiger partial charge in [-0.05, 0) is 19.4 Å². The molecule has 2 atom stereocenters. The predicted octanol–water partition coefficient (Wildman–Crippen LogP) is 0.512. The normalized spacial score (nSPS) is 33.8. The van der Waals surface area contributed by atoms with Crippen molar-refractivity contribution >= 4 is 5.91 Å². The summed E-state index contributed by atoms with van der Waals surface area (Å²) in [6.45, 7) is 0.702. The molecule has 0 unspecified atom stereocenters. The summed E-state index contributed by atoms with van der Waals surface area (Å²) in [5, 5.41) is 12.6. The molecule has 0 aromatic rings. The van der Waals surface area contributed by atoms with Crippen LogP contribution in [0.1, 0.15) is 19.3 Å². The summed E-state index contributed by atoms with van der Waals surface area (Å²) in [5.74, 6) is -0.531. The Morgan fingerprint density at radius 2 is 2.17 bits per heavy atom. The van der Waals surface area contributed by atoms with Gasteiger partial charge < -0.3 is 15.3 Å². The first-order valence-corrected chi connectivity index (χ1v) is 6.12. The lowest BCUT2D eigenvalue weighted by Gasteiger charge is -2.29. The molecule has 2 aliphatic heterocycles. The van der Waals surface area contributed by atoms with Crippen molar-refractivity contribution in [1.29, 1.82) is 0 Å². The van der Waals surface area contributed by atoms with Crippen LogP contribution in [0.4, 0.5) is 13.2 Å². The number of hydrogen-bond acceptors (Lipinski definition) is 3. The van der Waals surface area contributed by atoms with E-state index in [9.17, 15) is 23.1 Å². The molecule has 4 nitrogen and oxygen atoms in total. The molecular weight excluding hydrogens is 249 g/mol. The van der Waals surface area contributed by atoms with Crippen LogP contribution in [0, 0.1) is 5.92 Å². The van der Waals surface area contributed by atoms with Gasteiger partial charge in [-0.1, -0.05) is 0 Å². The Kier molecular flexibility index (Phi) is 3.55. The summed E-state index contributed by atoms with van der Waals surface area (Å²) < 4.78 is 37.9. The van der Waals surface area contributed by atoms with E-state index in [1.165, 1.54) is 0 Å². The zero-order valence-corrected chi connectivity index (χ0v) is 9.96. The first-order chi connectivity index (χ1) is 8.33. The molecule has 7 heteroatoms. The molecule has 0 aliphatic carbocycles. The standard InChI is InChI=1S/C11H17F3N2O2/c12-11(13,14)10(18)3-5-16(7-10)9(17)8-2-1-4-15-6-8/h8,15,18H,1-7H2/t8-,10-/m1/s1. The van der Waals surface area contributed by atoms with Crippen LogP contribution in [0.15, 0.2) is 0 Å². The van der Waals surface area contributed by atoms with Crippen LogP contribution < -0.4 is 5.32 Å². The molecule has 2 N–H and O–H groups in total. The van der Waals surface area contributed by atoms with Crippen LogP contribution in [-0.4, -0.2) is 53.9 Å². The Bertz CT molecular complexity index is 329. The molecule has 104 valence electrons. The lowest BCUT2D eigenvalue weighted by atomic mass is 9.98. The van der Waals surface area contributed by atoms with Gasteiger partial charge in [-0.3, -0.25) is 4.79 Å². The van der Waals surface area contributed by atoms with Crippen molar-refractivity contribution in [2.75, 3.05) is 26.2 Å². The predicted molar refractivity (Wildman–Crippen MR) is 57.8 cm³/mol. The van der Waals surface area contributed by atoms with Gasteiger partial charge in [-0.25, -0.2) is 0 Å². The molecule has 0 spiro atoms. The van der Waals surface area contributed by atoms with Gasteiger partial charge >= 0.3 is 6.18 Å². The van der Waals surface area contributed by atoms with Crippen LogP contribution in [0.3, 0.4) is 0 Å². The Hall–Kier alpha value is -0.820. The number of rotatable bonds is 1. The van der Waals surface area contributed by atoms with Gasteiger partial charge in [0.25, 0.3) is 0 Å². The fourth-order valence-corrected chi connectivity index (χ4v) is 2.53. The minimum Gasteiger partial charge on any atom is -0.379 e. The van der Waals surface area contributed by atoms with Crippen molar-refractivity contribution < 1.29 is 23.1 Å². The number of alkyl halides is 3. The second-order valence-corrected chi connectivity index (χ2v) is 5.08. The van der Waals surface area contributed by atoms with Crippen molar-refractivity contribution in [3.8, 4) is 0 Å². The summed E-state index contributed by atoms with van der Waals surface area (Å²) in [6, 6.07) is 0. The van der Waals surface area contributed by atoms with Crippen molar-refractivity contribution in [3.63, 3.8) is 0 Å². The highest BCUT2D eigenvalue weighted by Crippen LogP contribution is 2.38. The zero-order chi connectivity index (χ0) is 13.4. The maximum Gasteiger partial charge on any atom is 0.419 e. The number of carbonyl (C=O) groups excluding carboxylic acids is 1. The van der Waals surface area contributed by atoms with E-state index in [0.29, 0.717) is 13.0 Å². The highest BCUT2D eigenvalue weighted by Gasteiger charge is 2.58. The van der Waals surface area contributed by atoms with E-state index in [0.717, 1.165) is 17.9 Å². The number of aliphatic hydroxyl groups is 1. The third-order valence-electron chi connectivity index (χ3n) is 3.73. The molecule has 0 radical (unpaired) electrons. The quantitative estimate of drug-likeness (QED) is 0.727. The molecule has 1 amide bonds. The van der Waals surface area contributed by atoms with Gasteiger partial charge in [-0.2, -0.15) is 13.2 Å². The number of hydrogen-bond donors (Lipinski definition) is 2. The monoisotopic (exact) mass is 266 g/mol. The summed E-state index contributed by atoms with van der Waals surface area (Å²) in [4.78, 5) is 13.2. The molecule has 2 saturated heterocycles. The smallest absolute Gasteiger partial charge is 0.379 e. The van der Waals surface area contributed by atoms with Crippen LogP contribution in [0.5, 0.6) is 0 Å².